The maximum Gasteiger partial charge on any atom is 0.335 e. The minimum atomic E-state index is -0.939. The number of carboxylic acids is 1. The number of carbonyl (C=O) groups is 2. The number of hydrogen-bond acceptors (Lipinski definition) is 5. The van der Waals surface area contributed by atoms with Crippen molar-refractivity contribution in [2.75, 3.05) is 45.2 Å². The fourth-order valence-corrected chi connectivity index (χ4v) is 6.27. The number of phenols is 1. The third-order valence-electron chi connectivity index (χ3n) is 8.97. The summed E-state index contributed by atoms with van der Waals surface area (Å²) in [7, 11) is 3.31. The highest BCUT2D eigenvalue weighted by Crippen LogP contribution is 2.38. The summed E-state index contributed by atoms with van der Waals surface area (Å²) >= 11 is 0. The number of rotatable bonds is 7. The van der Waals surface area contributed by atoms with Crippen molar-refractivity contribution in [3.63, 3.8) is 0 Å². The average Bonchev–Trinajstić information content (AvgIpc) is 3.08. The van der Waals surface area contributed by atoms with Gasteiger partial charge in [-0.1, -0.05) is 60.7 Å². The Bertz CT molecular complexity index is 1910. The summed E-state index contributed by atoms with van der Waals surface area (Å²) < 4.78 is 15.6. The molecule has 2 N–H and O–H groups in total. The summed E-state index contributed by atoms with van der Waals surface area (Å²) in [5, 5.41) is 21.5. The fourth-order valence-electron chi connectivity index (χ4n) is 6.27. The number of aromatic hydroxyl groups is 1. The van der Waals surface area contributed by atoms with Gasteiger partial charge in [0, 0.05) is 63.0 Å². The van der Waals surface area contributed by atoms with Crippen LogP contribution in [0.3, 0.4) is 0 Å². The van der Waals surface area contributed by atoms with Crippen LogP contribution in [0.15, 0.2) is 97.1 Å². The Morgan fingerprint density at radius 1 is 0.783 bits per heavy atom. The molecular weight excluding hydrogens is 581 g/mol. The zero-order valence-electron chi connectivity index (χ0n) is 26.1. The first kappa shape index (κ1) is 30.8. The van der Waals surface area contributed by atoms with Crippen molar-refractivity contribution in [2.24, 2.45) is 0 Å². The largest absolute Gasteiger partial charge is 0.506 e. The van der Waals surface area contributed by atoms with E-state index in [1.165, 1.54) is 4.90 Å². The maximum atomic E-state index is 15.6. The molecule has 5 aromatic carbocycles. The van der Waals surface area contributed by atoms with E-state index >= 15 is 4.39 Å². The van der Waals surface area contributed by atoms with Crippen molar-refractivity contribution < 1.29 is 24.2 Å². The molecule has 1 aliphatic heterocycles. The molecule has 1 aliphatic rings. The van der Waals surface area contributed by atoms with Crippen LogP contribution in [0.5, 0.6) is 5.75 Å². The number of anilines is 1. The molecule has 0 saturated carbocycles. The van der Waals surface area contributed by atoms with Crippen LogP contribution in [-0.2, 0) is 0 Å². The molecule has 1 saturated heterocycles. The van der Waals surface area contributed by atoms with Gasteiger partial charge in [-0.3, -0.25) is 9.69 Å². The lowest BCUT2D eigenvalue weighted by Gasteiger charge is -2.39. The number of aromatic carboxylic acids is 1. The molecule has 0 aromatic heterocycles. The number of nitrogens with zero attached hydrogens (tertiary/aromatic N) is 3. The highest BCUT2D eigenvalue weighted by atomic mass is 19.1. The van der Waals surface area contributed by atoms with E-state index in [1.807, 2.05) is 79.7 Å². The van der Waals surface area contributed by atoms with Gasteiger partial charge in [-0.15, -0.1) is 0 Å². The highest BCUT2D eigenvalue weighted by Gasteiger charge is 2.25. The Labute approximate surface area is 267 Å². The topological polar surface area (TPSA) is 84.3 Å². The van der Waals surface area contributed by atoms with Crippen LogP contribution in [0.2, 0.25) is 0 Å². The first-order valence-corrected chi connectivity index (χ1v) is 15.3. The van der Waals surface area contributed by atoms with Crippen molar-refractivity contribution in [3.05, 3.63) is 120 Å². The molecule has 0 bridgehead atoms. The van der Waals surface area contributed by atoms with Gasteiger partial charge in [-0.05, 0) is 71.0 Å². The van der Waals surface area contributed by atoms with Crippen molar-refractivity contribution in [1.82, 2.24) is 9.80 Å². The number of hydrogen-bond donors (Lipinski definition) is 2. The van der Waals surface area contributed by atoms with E-state index in [4.69, 9.17) is 5.11 Å². The molecule has 1 unspecified atom stereocenters. The lowest BCUT2D eigenvalue weighted by Crippen LogP contribution is -2.47. The van der Waals surface area contributed by atoms with Crippen LogP contribution in [0.1, 0.15) is 39.2 Å². The van der Waals surface area contributed by atoms with E-state index in [-0.39, 0.29) is 34.6 Å². The van der Waals surface area contributed by atoms with E-state index in [1.54, 1.807) is 38.4 Å². The minimum absolute atomic E-state index is 0.0337. The summed E-state index contributed by atoms with van der Waals surface area (Å²) in [6.07, 6.45) is 0. The second-order valence-corrected chi connectivity index (χ2v) is 11.9. The number of benzene rings is 5. The van der Waals surface area contributed by atoms with Crippen LogP contribution in [0.4, 0.5) is 10.1 Å². The number of halogens is 1. The normalized spacial score (nSPS) is 14.3. The lowest BCUT2D eigenvalue weighted by molar-refractivity contribution is 0.0696. The minimum Gasteiger partial charge on any atom is -0.506 e. The number of carbonyl (C=O) groups excluding carboxylic acids is 1. The lowest BCUT2D eigenvalue weighted by atomic mass is 9.92. The maximum absolute atomic E-state index is 15.6. The Kier molecular flexibility index (Phi) is 8.47. The summed E-state index contributed by atoms with van der Waals surface area (Å²) in [6, 6.07) is 29.2. The molecule has 0 aliphatic carbocycles. The van der Waals surface area contributed by atoms with Gasteiger partial charge in [0.1, 0.15) is 11.6 Å². The van der Waals surface area contributed by atoms with Crippen molar-refractivity contribution in [1.29, 1.82) is 0 Å². The number of fused-ring (bicyclic) bond motifs is 1. The van der Waals surface area contributed by atoms with E-state index < -0.39 is 5.97 Å². The Balaban J connectivity index is 1.18. The third-order valence-corrected chi connectivity index (χ3v) is 8.97. The highest BCUT2D eigenvalue weighted by molar-refractivity contribution is 6.09. The van der Waals surface area contributed by atoms with Crippen molar-refractivity contribution in [3.8, 4) is 28.0 Å². The first-order valence-electron chi connectivity index (χ1n) is 15.3. The molecule has 5 aromatic rings. The van der Waals surface area contributed by atoms with E-state index in [2.05, 4.69) is 9.80 Å². The standard InChI is InChI=1S/C38H36FN3O4/c1-24(41-18-20-42(21-19-41)29-15-12-27(13-16-29)38(45)46)30-17-14-28(22-35(30)39)25-8-10-26(11-9-25)33-23-34(37(44)40(2)3)36(43)32-7-5-4-6-31(32)33/h4-17,22-24,43H,18-21H2,1-3H3,(H,45,46). The number of amides is 1. The first-order chi connectivity index (χ1) is 22.1. The summed E-state index contributed by atoms with van der Waals surface area (Å²) in [5.41, 5.74) is 5.50. The van der Waals surface area contributed by atoms with Crippen LogP contribution >= 0.6 is 0 Å². The van der Waals surface area contributed by atoms with E-state index in [0.29, 0.717) is 10.9 Å². The second kappa shape index (κ2) is 12.7. The summed E-state index contributed by atoms with van der Waals surface area (Å²) in [5.74, 6) is -1.50. The van der Waals surface area contributed by atoms with Gasteiger partial charge in [0.2, 0.25) is 0 Å². The van der Waals surface area contributed by atoms with Gasteiger partial charge >= 0.3 is 5.97 Å². The molecule has 1 amide bonds. The predicted molar refractivity (Wildman–Crippen MR) is 180 cm³/mol. The van der Waals surface area contributed by atoms with Gasteiger partial charge in [0.15, 0.2) is 0 Å². The van der Waals surface area contributed by atoms with Gasteiger partial charge in [-0.2, -0.15) is 0 Å². The summed E-state index contributed by atoms with van der Waals surface area (Å²) in [6.45, 7) is 5.09. The van der Waals surface area contributed by atoms with Gasteiger partial charge in [0.25, 0.3) is 5.91 Å². The molecule has 0 spiro atoms. The third kappa shape index (κ3) is 5.91. The van der Waals surface area contributed by atoms with Gasteiger partial charge in [0.05, 0.1) is 11.1 Å². The molecule has 7 nitrogen and oxygen atoms in total. The molecule has 8 heteroatoms. The average molecular weight is 618 g/mol. The van der Waals surface area contributed by atoms with Crippen molar-refractivity contribution >= 4 is 28.3 Å². The van der Waals surface area contributed by atoms with Gasteiger partial charge in [-0.25, -0.2) is 9.18 Å². The molecule has 234 valence electrons. The Hall–Kier alpha value is -5.21. The number of carboxylic acid groups (broad SMARTS) is 1. The van der Waals surface area contributed by atoms with E-state index in [0.717, 1.165) is 59.5 Å². The number of piperazine rings is 1. The molecule has 46 heavy (non-hydrogen) atoms. The molecule has 0 radical (unpaired) electrons. The smallest absolute Gasteiger partial charge is 0.335 e. The summed E-state index contributed by atoms with van der Waals surface area (Å²) in [4.78, 5) is 30.0. The van der Waals surface area contributed by atoms with Crippen LogP contribution in [0, 0.1) is 5.82 Å². The monoisotopic (exact) mass is 617 g/mol. The Morgan fingerprint density at radius 2 is 1.39 bits per heavy atom. The van der Waals surface area contributed by atoms with Crippen LogP contribution < -0.4 is 4.90 Å². The molecule has 1 heterocycles. The van der Waals surface area contributed by atoms with Crippen molar-refractivity contribution in [2.45, 2.75) is 13.0 Å². The second-order valence-electron chi connectivity index (χ2n) is 11.9. The SMILES string of the molecule is CC(c1ccc(-c2ccc(-c3cc(C(=O)N(C)C)c(O)c4ccccc34)cc2)cc1F)N1CCN(c2ccc(C(=O)O)cc2)CC1. The molecule has 1 fully saturated rings. The predicted octanol–water partition coefficient (Wildman–Crippen LogP) is 7.30. The van der Waals surface area contributed by atoms with E-state index in [9.17, 15) is 14.7 Å². The van der Waals surface area contributed by atoms with Crippen LogP contribution in [-0.4, -0.2) is 72.2 Å². The fraction of sp³-hybridized carbons (Fsp3) is 0.211. The Morgan fingerprint density at radius 3 is 2.00 bits per heavy atom. The van der Waals surface area contributed by atoms with Crippen LogP contribution in [0.25, 0.3) is 33.0 Å². The zero-order valence-corrected chi connectivity index (χ0v) is 26.1. The molecule has 1 atom stereocenters. The van der Waals surface area contributed by atoms with Gasteiger partial charge < -0.3 is 20.0 Å². The molecule has 6 rings (SSSR count). The molecular formula is C38H36FN3O4. The quantitative estimate of drug-likeness (QED) is 0.199. The number of phenolic OH excluding ortho intramolecular Hbond substituents is 1. The zero-order chi connectivity index (χ0) is 32.5.